The number of aromatic nitrogens is 2. The molecule has 0 saturated carbocycles. The van der Waals surface area contributed by atoms with Gasteiger partial charge in [0.15, 0.2) is 0 Å². The van der Waals surface area contributed by atoms with Crippen LogP contribution in [0, 0.1) is 0 Å². The van der Waals surface area contributed by atoms with Crippen LogP contribution < -0.4 is 11.1 Å². The molecule has 5 nitrogen and oxygen atoms in total. The summed E-state index contributed by atoms with van der Waals surface area (Å²) < 4.78 is 0. The van der Waals surface area contributed by atoms with E-state index in [4.69, 9.17) is 5.73 Å². The van der Waals surface area contributed by atoms with Gasteiger partial charge >= 0.3 is 6.03 Å². The third-order valence-electron chi connectivity index (χ3n) is 2.02. The normalized spacial score (nSPS) is 10.1. The van der Waals surface area contributed by atoms with Gasteiger partial charge in [-0.05, 0) is 12.8 Å². The van der Waals surface area contributed by atoms with Crippen molar-refractivity contribution in [1.29, 1.82) is 0 Å². The van der Waals surface area contributed by atoms with Crippen molar-refractivity contribution in [2.45, 2.75) is 32.6 Å². The SMILES string of the molecule is CCCCCc1cn[nH]c1NC(N)=O. The van der Waals surface area contributed by atoms with Crippen LogP contribution in [0.1, 0.15) is 31.7 Å². The molecule has 0 aromatic carbocycles. The van der Waals surface area contributed by atoms with E-state index in [2.05, 4.69) is 22.4 Å². The van der Waals surface area contributed by atoms with E-state index in [0.29, 0.717) is 5.82 Å². The van der Waals surface area contributed by atoms with Crippen LogP contribution in [0.25, 0.3) is 0 Å². The van der Waals surface area contributed by atoms with Crippen LogP contribution in [-0.4, -0.2) is 16.2 Å². The lowest BCUT2D eigenvalue weighted by atomic mass is 10.1. The number of nitrogens with two attached hydrogens (primary N) is 1. The van der Waals surface area contributed by atoms with Gasteiger partial charge in [-0.15, -0.1) is 0 Å². The quantitative estimate of drug-likeness (QED) is 0.625. The van der Waals surface area contributed by atoms with Gasteiger partial charge in [0.05, 0.1) is 6.20 Å². The van der Waals surface area contributed by atoms with E-state index < -0.39 is 6.03 Å². The lowest BCUT2D eigenvalue weighted by Crippen LogP contribution is -2.20. The van der Waals surface area contributed by atoms with Gasteiger partial charge in [-0.2, -0.15) is 5.10 Å². The predicted molar refractivity (Wildman–Crippen MR) is 55.0 cm³/mol. The number of H-pyrrole nitrogens is 1. The van der Waals surface area contributed by atoms with Crippen molar-refractivity contribution >= 4 is 11.8 Å². The molecule has 0 aliphatic heterocycles. The first-order valence-corrected chi connectivity index (χ1v) is 4.82. The van der Waals surface area contributed by atoms with Gasteiger partial charge in [0.2, 0.25) is 0 Å². The first kappa shape index (κ1) is 10.6. The topological polar surface area (TPSA) is 83.8 Å². The van der Waals surface area contributed by atoms with E-state index in [1.807, 2.05) is 0 Å². The number of primary amides is 1. The molecule has 14 heavy (non-hydrogen) atoms. The highest BCUT2D eigenvalue weighted by Crippen LogP contribution is 2.14. The van der Waals surface area contributed by atoms with Crippen molar-refractivity contribution < 1.29 is 4.79 Å². The zero-order chi connectivity index (χ0) is 10.4. The van der Waals surface area contributed by atoms with Gasteiger partial charge in [0, 0.05) is 5.56 Å². The van der Waals surface area contributed by atoms with Crippen molar-refractivity contribution in [3.05, 3.63) is 11.8 Å². The largest absolute Gasteiger partial charge is 0.351 e. The second-order valence-corrected chi connectivity index (χ2v) is 3.22. The lowest BCUT2D eigenvalue weighted by molar-refractivity contribution is 0.259. The van der Waals surface area contributed by atoms with Crippen molar-refractivity contribution in [2.75, 3.05) is 5.32 Å². The maximum atomic E-state index is 10.6. The van der Waals surface area contributed by atoms with Crippen LogP contribution in [0.4, 0.5) is 10.6 Å². The number of aromatic amines is 1. The second-order valence-electron chi connectivity index (χ2n) is 3.22. The van der Waals surface area contributed by atoms with E-state index in [1.54, 1.807) is 6.20 Å². The maximum absolute atomic E-state index is 10.6. The Balaban J connectivity index is 2.49. The highest BCUT2D eigenvalue weighted by Gasteiger charge is 2.05. The van der Waals surface area contributed by atoms with Crippen LogP contribution in [0.5, 0.6) is 0 Å². The summed E-state index contributed by atoms with van der Waals surface area (Å²) in [6.45, 7) is 2.15. The molecule has 1 rings (SSSR count). The van der Waals surface area contributed by atoms with E-state index >= 15 is 0 Å². The van der Waals surface area contributed by atoms with E-state index in [1.165, 1.54) is 12.8 Å². The van der Waals surface area contributed by atoms with Gasteiger partial charge < -0.3 is 5.73 Å². The Morgan fingerprint density at radius 2 is 2.43 bits per heavy atom. The molecular formula is C9H16N4O. The Morgan fingerprint density at radius 3 is 3.07 bits per heavy atom. The fourth-order valence-corrected chi connectivity index (χ4v) is 1.30. The zero-order valence-corrected chi connectivity index (χ0v) is 8.34. The molecule has 0 radical (unpaired) electrons. The number of urea groups is 1. The van der Waals surface area contributed by atoms with Crippen molar-refractivity contribution in [1.82, 2.24) is 10.2 Å². The van der Waals surface area contributed by atoms with E-state index in [-0.39, 0.29) is 0 Å². The summed E-state index contributed by atoms with van der Waals surface area (Å²) in [6.07, 6.45) is 6.10. The van der Waals surface area contributed by atoms with Gasteiger partial charge in [-0.3, -0.25) is 10.4 Å². The molecule has 1 aromatic heterocycles. The minimum Gasteiger partial charge on any atom is -0.351 e. The summed E-state index contributed by atoms with van der Waals surface area (Å²) >= 11 is 0. The molecule has 4 N–H and O–H groups in total. The van der Waals surface area contributed by atoms with Crippen LogP contribution in [0.3, 0.4) is 0 Å². The molecule has 78 valence electrons. The zero-order valence-electron chi connectivity index (χ0n) is 8.34. The Kier molecular flexibility index (Phi) is 3.97. The number of anilines is 1. The predicted octanol–water partition coefficient (Wildman–Crippen LogP) is 1.63. The molecule has 0 aliphatic carbocycles. The Morgan fingerprint density at radius 1 is 1.64 bits per heavy atom. The highest BCUT2D eigenvalue weighted by molar-refractivity contribution is 5.87. The van der Waals surface area contributed by atoms with E-state index in [9.17, 15) is 4.79 Å². The lowest BCUT2D eigenvalue weighted by Gasteiger charge is -2.02. The van der Waals surface area contributed by atoms with E-state index in [0.717, 1.165) is 18.4 Å². The second kappa shape index (κ2) is 5.26. The van der Waals surface area contributed by atoms with Gasteiger partial charge in [0.25, 0.3) is 0 Å². The molecule has 5 heteroatoms. The molecule has 0 bridgehead atoms. The summed E-state index contributed by atoms with van der Waals surface area (Å²) in [7, 11) is 0. The minimum atomic E-state index is -0.564. The van der Waals surface area contributed by atoms with Gasteiger partial charge in [-0.1, -0.05) is 19.8 Å². The summed E-state index contributed by atoms with van der Waals surface area (Å²) in [5, 5.41) is 9.06. The summed E-state index contributed by atoms with van der Waals surface area (Å²) in [6, 6.07) is -0.564. The molecule has 0 aliphatic rings. The molecular weight excluding hydrogens is 180 g/mol. The molecule has 0 fully saturated rings. The number of carbonyl (C=O) groups is 1. The molecule has 1 aromatic rings. The number of rotatable bonds is 5. The Bertz CT molecular complexity index is 295. The highest BCUT2D eigenvalue weighted by atomic mass is 16.2. The molecule has 1 heterocycles. The van der Waals surface area contributed by atoms with Gasteiger partial charge in [-0.25, -0.2) is 4.79 Å². The number of nitrogens with zero attached hydrogens (tertiary/aromatic N) is 1. The Hall–Kier alpha value is -1.52. The molecule has 0 unspecified atom stereocenters. The fraction of sp³-hybridized carbons (Fsp3) is 0.556. The summed E-state index contributed by atoms with van der Waals surface area (Å²) in [5.74, 6) is 0.619. The van der Waals surface area contributed by atoms with Crippen molar-refractivity contribution in [2.24, 2.45) is 5.73 Å². The van der Waals surface area contributed by atoms with Crippen molar-refractivity contribution in [3.63, 3.8) is 0 Å². The molecule has 0 saturated heterocycles. The first-order valence-electron chi connectivity index (χ1n) is 4.82. The fourth-order valence-electron chi connectivity index (χ4n) is 1.30. The molecule has 2 amide bonds. The third kappa shape index (κ3) is 3.08. The summed E-state index contributed by atoms with van der Waals surface area (Å²) in [4.78, 5) is 10.6. The van der Waals surface area contributed by atoms with Crippen LogP contribution in [0.2, 0.25) is 0 Å². The van der Waals surface area contributed by atoms with Crippen molar-refractivity contribution in [3.8, 4) is 0 Å². The number of nitrogens with one attached hydrogen (secondary N) is 2. The number of hydrogen-bond acceptors (Lipinski definition) is 2. The minimum absolute atomic E-state index is 0.564. The maximum Gasteiger partial charge on any atom is 0.317 e. The Labute approximate surface area is 83.1 Å². The van der Waals surface area contributed by atoms with Gasteiger partial charge in [0.1, 0.15) is 5.82 Å². The standard InChI is InChI=1S/C9H16N4O/c1-2-3-4-5-7-6-11-13-8(7)12-9(10)14/h6H,2-5H2,1H3,(H4,10,11,12,13,14). The smallest absolute Gasteiger partial charge is 0.317 e. The van der Waals surface area contributed by atoms with Crippen LogP contribution >= 0.6 is 0 Å². The average molecular weight is 196 g/mol. The third-order valence-corrected chi connectivity index (χ3v) is 2.02. The van der Waals surface area contributed by atoms with Crippen LogP contribution in [-0.2, 0) is 6.42 Å². The monoisotopic (exact) mass is 196 g/mol. The number of unbranched alkanes of at least 4 members (excludes halogenated alkanes) is 2. The van der Waals surface area contributed by atoms with Crippen LogP contribution in [0.15, 0.2) is 6.20 Å². The summed E-state index contributed by atoms with van der Waals surface area (Å²) in [5.41, 5.74) is 6.02. The first-order chi connectivity index (χ1) is 6.74. The number of aryl methyl sites for hydroxylation is 1. The number of carbonyl (C=O) groups excluding carboxylic acids is 1. The number of hydrogen-bond donors (Lipinski definition) is 3. The molecule has 0 atom stereocenters. The number of amides is 2. The molecule has 0 spiro atoms. The average Bonchev–Trinajstić information content (AvgIpc) is 2.52.